The first-order valence-electron chi connectivity index (χ1n) is 5.96. The van der Waals surface area contributed by atoms with E-state index in [0.29, 0.717) is 11.6 Å². The van der Waals surface area contributed by atoms with Gasteiger partial charge in [-0.05, 0) is 19.1 Å². The maximum atomic E-state index is 10.1. The number of para-hydroxylation sites is 1. The summed E-state index contributed by atoms with van der Waals surface area (Å²) in [4.78, 5) is 19.7. The summed E-state index contributed by atoms with van der Waals surface area (Å²) in [6, 6.07) is 9.65. The Bertz CT molecular complexity index is 573. The molecule has 0 aliphatic heterocycles. The molecule has 0 saturated carbocycles. The molecule has 0 aliphatic rings. The summed E-state index contributed by atoms with van der Waals surface area (Å²) in [5.41, 5.74) is 7.81. The van der Waals surface area contributed by atoms with Crippen LogP contribution in [-0.4, -0.2) is 16.7 Å². The molecule has 0 fully saturated rings. The second-order valence-corrected chi connectivity index (χ2v) is 5.03. The standard InChI is InChI=1S/C12H14N4O3S/c1-9-11(7-8-19-16(17)18)20-12(13-9)15-14-10-5-3-2-4-6-10/h2-6,14H,7-8H2,1H3,(H,13,15). The first kappa shape index (κ1) is 14.1. The zero-order chi connectivity index (χ0) is 14.4. The molecule has 1 aromatic heterocycles. The molecule has 7 nitrogen and oxygen atoms in total. The Labute approximate surface area is 119 Å². The van der Waals surface area contributed by atoms with Crippen molar-refractivity contribution in [2.45, 2.75) is 13.3 Å². The Balaban J connectivity index is 1.88. The number of aromatic nitrogens is 1. The number of anilines is 2. The summed E-state index contributed by atoms with van der Waals surface area (Å²) in [7, 11) is 0. The highest BCUT2D eigenvalue weighted by Gasteiger charge is 2.08. The van der Waals surface area contributed by atoms with Crippen molar-refractivity contribution in [3.8, 4) is 0 Å². The summed E-state index contributed by atoms with van der Waals surface area (Å²) in [5.74, 6) is 0. The van der Waals surface area contributed by atoms with Gasteiger partial charge in [-0.15, -0.1) is 21.5 Å². The van der Waals surface area contributed by atoms with E-state index in [1.54, 1.807) is 0 Å². The van der Waals surface area contributed by atoms with Crippen LogP contribution in [0, 0.1) is 17.0 Å². The van der Waals surface area contributed by atoms with Crippen LogP contribution in [0.3, 0.4) is 0 Å². The molecule has 0 aliphatic carbocycles. The lowest BCUT2D eigenvalue weighted by Crippen LogP contribution is -2.07. The lowest BCUT2D eigenvalue weighted by Gasteiger charge is -2.05. The predicted octanol–water partition coefficient (Wildman–Crippen LogP) is 2.64. The minimum atomic E-state index is -0.785. The number of benzene rings is 1. The van der Waals surface area contributed by atoms with E-state index in [0.717, 1.165) is 16.3 Å². The fraction of sp³-hybridized carbons (Fsp3) is 0.250. The molecule has 106 valence electrons. The maximum absolute atomic E-state index is 10.1. The van der Waals surface area contributed by atoms with Crippen molar-refractivity contribution in [2.24, 2.45) is 0 Å². The average molecular weight is 294 g/mol. The van der Waals surface area contributed by atoms with Gasteiger partial charge in [0.2, 0.25) is 5.13 Å². The van der Waals surface area contributed by atoms with Crippen LogP contribution in [0.1, 0.15) is 10.6 Å². The Morgan fingerprint density at radius 2 is 2.10 bits per heavy atom. The molecule has 0 amide bonds. The van der Waals surface area contributed by atoms with E-state index in [4.69, 9.17) is 0 Å². The number of rotatable bonds is 7. The van der Waals surface area contributed by atoms with Gasteiger partial charge in [-0.25, -0.2) is 4.98 Å². The molecule has 2 rings (SSSR count). The minimum absolute atomic E-state index is 0.0432. The molecule has 1 aromatic carbocycles. The second-order valence-electron chi connectivity index (χ2n) is 3.95. The number of hydrazine groups is 1. The maximum Gasteiger partial charge on any atom is 0.294 e. The highest BCUT2D eigenvalue weighted by atomic mass is 32.1. The molecule has 8 heteroatoms. The number of nitrogens with one attached hydrogen (secondary N) is 2. The lowest BCUT2D eigenvalue weighted by molar-refractivity contribution is -0.757. The molecule has 2 N–H and O–H groups in total. The summed E-state index contributed by atoms with van der Waals surface area (Å²) in [6.45, 7) is 1.91. The Morgan fingerprint density at radius 3 is 2.80 bits per heavy atom. The average Bonchev–Trinajstić information content (AvgIpc) is 2.78. The van der Waals surface area contributed by atoms with Gasteiger partial charge in [-0.2, -0.15) is 0 Å². The monoisotopic (exact) mass is 294 g/mol. The zero-order valence-corrected chi connectivity index (χ0v) is 11.6. The van der Waals surface area contributed by atoms with Gasteiger partial charge in [0.15, 0.2) is 0 Å². The number of thiazole rings is 1. The quantitative estimate of drug-likeness (QED) is 0.602. The van der Waals surface area contributed by atoms with Crippen molar-refractivity contribution >= 4 is 22.2 Å². The molecule has 20 heavy (non-hydrogen) atoms. The van der Waals surface area contributed by atoms with Crippen LogP contribution >= 0.6 is 11.3 Å². The normalized spacial score (nSPS) is 10.1. The number of hydrogen-bond donors (Lipinski definition) is 2. The van der Waals surface area contributed by atoms with Crippen molar-refractivity contribution in [2.75, 3.05) is 17.5 Å². The lowest BCUT2D eigenvalue weighted by atomic mass is 10.3. The summed E-state index contributed by atoms with van der Waals surface area (Å²) in [6.07, 6.45) is 0.470. The molecule has 2 aromatic rings. The van der Waals surface area contributed by atoms with Crippen molar-refractivity contribution in [3.63, 3.8) is 0 Å². The Kier molecular flexibility index (Phi) is 4.72. The van der Waals surface area contributed by atoms with E-state index in [1.165, 1.54) is 11.3 Å². The van der Waals surface area contributed by atoms with E-state index >= 15 is 0 Å². The van der Waals surface area contributed by atoms with Crippen LogP contribution in [0.25, 0.3) is 0 Å². The van der Waals surface area contributed by atoms with Gasteiger partial charge >= 0.3 is 0 Å². The molecular weight excluding hydrogens is 280 g/mol. The summed E-state index contributed by atoms with van der Waals surface area (Å²) >= 11 is 1.44. The van der Waals surface area contributed by atoms with E-state index in [-0.39, 0.29) is 6.61 Å². The molecule has 0 unspecified atom stereocenters. The van der Waals surface area contributed by atoms with Crippen molar-refractivity contribution in [1.82, 2.24) is 4.98 Å². The van der Waals surface area contributed by atoms with Crippen LogP contribution in [0.2, 0.25) is 0 Å². The third-order valence-corrected chi connectivity index (χ3v) is 3.64. The van der Waals surface area contributed by atoms with Crippen molar-refractivity contribution < 1.29 is 9.92 Å². The van der Waals surface area contributed by atoms with Crippen LogP contribution in [-0.2, 0) is 11.3 Å². The minimum Gasteiger partial charge on any atom is -0.314 e. The van der Waals surface area contributed by atoms with Gasteiger partial charge in [0.1, 0.15) is 6.61 Å². The fourth-order valence-corrected chi connectivity index (χ4v) is 2.47. The Morgan fingerprint density at radius 1 is 1.35 bits per heavy atom. The van der Waals surface area contributed by atoms with Crippen LogP contribution in [0.4, 0.5) is 10.8 Å². The molecular formula is C12H14N4O3S. The molecule has 0 atom stereocenters. The highest BCUT2D eigenvalue weighted by molar-refractivity contribution is 7.15. The zero-order valence-electron chi connectivity index (χ0n) is 10.8. The summed E-state index contributed by atoms with van der Waals surface area (Å²) < 4.78 is 0. The largest absolute Gasteiger partial charge is 0.314 e. The first-order chi connectivity index (χ1) is 9.65. The van der Waals surface area contributed by atoms with Gasteiger partial charge in [-0.1, -0.05) is 18.2 Å². The van der Waals surface area contributed by atoms with Crippen molar-refractivity contribution in [3.05, 3.63) is 51.0 Å². The SMILES string of the molecule is Cc1nc(NNc2ccccc2)sc1CCO[N+](=O)[O-]. The smallest absolute Gasteiger partial charge is 0.294 e. The second kappa shape index (κ2) is 6.71. The van der Waals surface area contributed by atoms with E-state index < -0.39 is 5.09 Å². The highest BCUT2D eigenvalue weighted by Crippen LogP contribution is 2.23. The van der Waals surface area contributed by atoms with E-state index in [2.05, 4.69) is 20.7 Å². The van der Waals surface area contributed by atoms with Gasteiger partial charge in [-0.3, -0.25) is 10.9 Å². The molecule has 0 spiro atoms. The number of nitrogens with zero attached hydrogens (tertiary/aromatic N) is 2. The van der Waals surface area contributed by atoms with Gasteiger partial charge < -0.3 is 4.84 Å². The van der Waals surface area contributed by atoms with Crippen LogP contribution in [0.15, 0.2) is 30.3 Å². The Hall–Kier alpha value is -2.35. The van der Waals surface area contributed by atoms with Crippen LogP contribution in [0.5, 0.6) is 0 Å². The topological polar surface area (TPSA) is 89.3 Å². The van der Waals surface area contributed by atoms with E-state index in [1.807, 2.05) is 37.3 Å². The van der Waals surface area contributed by atoms with Gasteiger partial charge in [0, 0.05) is 11.3 Å². The molecule has 0 radical (unpaired) electrons. The number of hydrogen-bond acceptors (Lipinski definition) is 7. The molecule has 0 saturated heterocycles. The fourth-order valence-electron chi connectivity index (χ4n) is 1.57. The number of aryl methyl sites for hydroxylation is 1. The van der Waals surface area contributed by atoms with Crippen LogP contribution < -0.4 is 10.9 Å². The third-order valence-electron chi connectivity index (χ3n) is 2.51. The molecule has 0 bridgehead atoms. The van der Waals surface area contributed by atoms with Gasteiger partial charge in [0.25, 0.3) is 5.09 Å². The molecule has 1 heterocycles. The third kappa shape index (κ3) is 4.09. The van der Waals surface area contributed by atoms with Gasteiger partial charge in [0.05, 0.1) is 11.4 Å². The van der Waals surface area contributed by atoms with E-state index in [9.17, 15) is 10.1 Å². The predicted molar refractivity (Wildman–Crippen MR) is 77.2 cm³/mol. The summed E-state index contributed by atoms with van der Waals surface area (Å²) in [5, 5.41) is 10.0. The van der Waals surface area contributed by atoms with Crippen molar-refractivity contribution in [1.29, 1.82) is 0 Å². The first-order valence-corrected chi connectivity index (χ1v) is 6.77.